The molecule has 1 amide bonds. The molecular weight excluding hydrogens is 258 g/mol. The Balaban J connectivity index is 2.69. The first-order valence-electron chi connectivity index (χ1n) is 6.74. The van der Waals surface area contributed by atoms with Gasteiger partial charge in [-0.05, 0) is 25.5 Å². The highest BCUT2D eigenvalue weighted by Gasteiger charge is 2.26. The molecule has 0 N–H and O–H groups in total. The highest BCUT2D eigenvalue weighted by atomic mass is 16.5. The Morgan fingerprint density at radius 2 is 2.35 bits per heavy atom. The molecule has 5 nitrogen and oxygen atoms in total. The van der Waals surface area contributed by atoms with Crippen LogP contribution in [0.25, 0.3) is 0 Å². The van der Waals surface area contributed by atoms with Gasteiger partial charge in [0.05, 0.1) is 12.8 Å². The lowest BCUT2D eigenvalue weighted by Crippen LogP contribution is -2.41. The predicted octanol–water partition coefficient (Wildman–Crippen LogP) is 2.53. The van der Waals surface area contributed by atoms with E-state index in [9.17, 15) is 9.59 Å². The highest BCUT2D eigenvalue weighted by molar-refractivity contribution is 5.78. The Kier molecular flexibility index (Phi) is 7.17. The number of ether oxygens (including phenoxy) is 1. The van der Waals surface area contributed by atoms with Crippen molar-refractivity contribution < 1.29 is 18.7 Å². The molecule has 1 aromatic rings. The van der Waals surface area contributed by atoms with Crippen LogP contribution in [0.2, 0.25) is 0 Å². The molecule has 0 saturated carbocycles. The smallest absolute Gasteiger partial charge is 0.329 e. The van der Waals surface area contributed by atoms with E-state index in [1.54, 1.807) is 18.2 Å². The van der Waals surface area contributed by atoms with Crippen molar-refractivity contribution in [1.82, 2.24) is 4.90 Å². The minimum atomic E-state index is -0.576. The van der Waals surface area contributed by atoms with Gasteiger partial charge >= 0.3 is 5.97 Å². The highest BCUT2D eigenvalue weighted by Crippen LogP contribution is 2.13. The van der Waals surface area contributed by atoms with Crippen LogP contribution in [-0.2, 0) is 20.9 Å². The van der Waals surface area contributed by atoms with Crippen LogP contribution in [0.15, 0.2) is 35.0 Å². The van der Waals surface area contributed by atoms with E-state index in [4.69, 9.17) is 9.15 Å². The third-order valence-corrected chi connectivity index (χ3v) is 2.85. The first-order valence-corrected chi connectivity index (χ1v) is 6.74. The summed E-state index contributed by atoms with van der Waals surface area (Å²) in [4.78, 5) is 24.7. The van der Waals surface area contributed by atoms with Crippen LogP contribution in [0.5, 0.6) is 0 Å². The zero-order valence-electron chi connectivity index (χ0n) is 12.0. The van der Waals surface area contributed by atoms with Crippen molar-refractivity contribution in [3.8, 4) is 0 Å². The Labute approximate surface area is 119 Å². The summed E-state index contributed by atoms with van der Waals surface area (Å²) in [6.45, 7) is 4.30. The Hall–Kier alpha value is -2.04. The molecule has 20 heavy (non-hydrogen) atoms. The number of furan rings is 1. The Morgan fingerprint density at radius 1 is 1.55 bits per heavy atom. The van der Waals surface area contributed by atoms with E-state index in [0.29, 0.717) is 18.6 Å². The van der Waals surface area contributed by atoms with Gasteiger partial charge < -0.3 is 14.1 Å². The van der Waals surface area contributed by atoms with Gasteiger partial charge in [-0.3, -0.25) is 4.79 Å². The van der Waals surface area contributed by atoms with Crippen LogP contribution < -0.4 is 0 Å². The van der Waals surface area contributed by atoms with Gasteiger partial charge in [0.15, 0.2) is 0 Å². The molecule has 0 aliphatic carbocycles. The molecule has 0 spiro atoms. The summed E-state index contributed by atoms with van der Waals surface area (Å²) in [6, 6.07) is 2.94. The minimum Gasteiger partial charge on any atom is -0.467 e. The molecule has 1 unspecified atom stereocenters. The monoisotopic (exact) mass is 279 g/mol. The van der Waals surface area contributed by atoms with Crippen molar-refractivity contribution in [2.75, 3.05) is 6.61 Å². The molecule has 0 aliphatic rings. The second-order valence-corrected chi connectivity index (χ2v) is 4.36. The molecule has 110 valence electrons. The summed E-state index contributed by atoms with van der Waals surface area (Å²) in [6.07, 6.45) is 7.11. The van der Waals surface area contributed by atoms with Crippen LogP contribution >= 0.6 is 0 Å². The fraction of sp³-hybridized carbons (Fsp3) is 0.467. The fourth-order valence-corrected chi connectivity index (χ4v) is 1.82. The largest absolute Gasteiger partial charge is 0.467 e. The van der Waals surface area contributed by atoms with Gasteiger partial charge in [0, 0.05) is 0 Å². The number of hydrogen-bond acceptors (Lipinski definition) is 4. The van der Waals surface area contributed by atoms with E-state index < -0.39 is 6.04 Å². The van der Waals surface area contributed by atoms with Crippen molar-refractivity contribution in [2.24, 2.45) is 0 Å². The zero-order chi connectivity index (χ0) is 14.8. The second kappa shape index (κ2) is 8.96. The molecule has 1 atom stereocenters. The number of nitrogens with zero attached hydrogens (tertiary/aromatic N) is 1. The Morgan fingerprint density at radius 3 is 2.90 bits per heavy atom. The fourth-order valence-electron chi connectivity index (χ4n) is 1.82. The predicted molar refractivity (Wildman–Crippen MR) is 74.8 cm³/mol. The maximum Gasteiger partial charge on any atom is 0.329 e. The van der Waals surface area contributed by atoms with E-state index in [0.717, 1.165) is 6.42 Å². The van der Waals surface area contributed by atoms with Crippen LogP contribution in [0, 0.1) is 0 Å². The molecule has 0 radical (unpaired) electrons. The molecule has 1 rings (SSSR count). The van der Waals surface area contributed by atoms with Crippen molar-refractivity contribution in [3.05, 3.63) is 36.3 Å². The first-order chi connectivity index (χ1) is 9.72. The summed E-state index contributed by atoms with van der Waals surface area (Å²) >= 11 is 0. The quantitative estimate of drug-likeness (QED) is 0.396. The van der Waals surface area contributed by atoms with Crippen molar-refractivity contribution in [3.63, 3.8) is 0 Å². The molecule has 1 aromatic heterocycles. The van der Waals surface area contributed by atoms with E-state index >= 15 is 0 Å². The van der Waals surface area contributed by atoms with Gasteiger partial charge in [-0.25, -0.2) is 4.79 Å². The summed E-state index contributed by atoms with van der Waals surface area (Å²) in [5.74, 6) is 0.253. The lowest BCUT2D eigenvalue weighted by molar-refractivity contribution is -0.152. The number of amides is 1. The lowest BCUT2D eigenvalue weighted by atomic mass is 10.1. The van der Waals surface area contributed by atoms with E-state index in [-0.39, 0.29) is 19.1 Å². The number of rotatable bonds is 9. The third kappa shape index (κ3) is 4.91. The number of carbonyl (C=O) groups excluding carboxylic acids is 2. The lowest BCUT2D eigenvalue weighted by Gasteiger charge is -2.25. The maximum absolute atomic E-state index is 12.0. The molecule has 0 aliphatic heterocycles. The van der Waals surface area contributed by atoms with Gasteiger partial charge in [-0.1, -0.05) is 25.5 Å². The molecule has 1 heterocycles. The number of allylic oxidation sites excluding steroid dienone is 1. The molecule has 5 heteroatoms. The van der Waals surface area contributed by atoms with Crippen LogP contribution in [0.4, 0.5) is 0 Å². The maximum atomic E-state index is 12.0. The average Bonchev–Trinajstić information content (AvgIpc) is 2.95. The summed E-state index contributed by atoms with van der Waals surface area (Å²) < 4.78 is 10.4. The summed E-state index contributed by atoms with van der Waals surface area (Å²) in [5.41, 5.74) is 0. The Bertz CT molecular complexity index is 425. The van der Waals surface area contributed by atoms with Gasteiger partial charge in [0.2, 0.25) is 6.41 Å². The van der Waals surface area contributed by atoms with Gasteiger partial charge in [-0.15, -0.1) is 0 Å². The van der Waals surface area contributed by atoms with Crippen LogP contribution in [-0.4, -0.2) is 29.9 Å². The van der Waals surface area contributed by atoms with Crippen LogP contribution in [0.1, 0.15) is 32.4 Å². The van der Waals surface area contributed by atoms with Crippen molar-refractivity contribution >= 4 is 12.4 Å². The van der Waals surface area contributed by atoms with Crippen LogP contribution in [0.3, 0.4) is 0 Å². The molecule has 0 saturated heterocycles. The molecule has 0 fully saturated rings. The number of hydrogen-bond donors (Lipinski definition) is 0. The van der Waals surface area contributed by atoms with E-state index in [1.807, 2.05) is 19.9 Å². The molecular formula is C15H21NO4. The van der Waals surface area contributed by atoms with E-state index in [2.05, 4.69) is 0 Å². The van der Waals surface area contributed by atoms with Gasteiger partial charge in [0.25, 0.3) is 0 Å². The average molecular weight is 279 g/mol. The second-order valence-electron chi connectivity index (χ2n) is 4.36. The molecule has 0 aromatic carbocycles. The number of esters is 1. The zero-order valence-corrected chi connectivity index (χ0v) is 12.0. The topological polar surface area (TPSA) is 59.8 Å². The standard InChI is InChI=1S/C15H21NO4/c1-3-5-9-20-15(18)14(7-4-2)16(12-17)11-13-8-6-10-19-13/h3,5-6,8,10,12,14H,4,7,9,11H2,1-2H3/b5-3+. The van der Waals surface area contributed by atoms with Gasteiger partial charge in [0.1, 0.15) is 18.4 Å². The minimum absolute atomic E-state index is 0.225. The first kappa shape index (κ1) is 16.0. The SMILES string of the molecule is C/C=C/COC(=O)C(CCC)N(C=O)Cc1ccco1. The third-order valence-electron chi connectivity index (χ3n) is 2.85. The molecule has 0 bridgehead atoms. The van der Waals surface area contributed by atoms with Crippen molar-refractivity contribution in [1.29, 1.82) is 0 Å². The summed E-state index contributed by atoms with van der Waals surface area (Å²) in [7, 11) is 0. The summed E-state index contributed by atoms with van der Waals surface area (Å²) in [5, 5.41) is 0. The van der Waals surface area contributed by atoms with Crippen molar-refractivity contribution in [2.45, 2.75) is 39.3 Å². The van der Waals surface area contributed by atoms with Gasteiger partial charge in [-0.2, -0.15) is 0 Å². The number of carbonyl (C=O) groups is 2. The normalized spacial score (nSPS) is 12.3. The van der Waals surface area contributed by atoms with E-state index in [1.165, 1.54) is 11.2 Å².